The molecule has 2 aromatic heterocycles. The van der Waals surface area contributed by atoms with Crippen LogP contribution in [0.5, 0.6) is 0 Å². The third kappa shape index (κ3) is 3.36. The Morgan fingerprint density at radius 3 is 2.89 bits per heavy atom. The van der Waals surface area contributed by atoms with E-state index in [9.17, 15) is 9.59 Å². The molecule has 1 saturated heterocycles. The average Bonchev–Trinajstić information content (AvgIpc) is 3.12. The summed E-state index contributed by atoms with van der Waals surface area (Å²) in [4.78, 5) is 34.8. The maximum atomic E-state index is 13.1. The Kier molecular flexibility index (Phi) is 5.27. The lowest BCUT2D eigenvalue weighted by Crippen LogP contribution is -2.40. The zero-order valence-corrected chi connectivity index (χ0v) is 17.2. The summed E-state index contributed by atoms with van der Waals surface area (Å²) < 4.78 is 1.58. The molecule has 0 unspecified atom stereocenters. The van der Waals surface area contributed by atoms with Gasteiger partial charge in [-0.1, -0.05) is 6.92 Å². The first-order valence-electron chi connectivity index (χ1n) is 10.7. The quantitative estimate of drug-likeness (QED) is 0.878. The van der Waals surface area contributed by atoms with Gasteiger partial charge in [0.15, 0.2) is 5.65 Å². The molecule has 7 heteroatoms. The van der Waals surface area contributed by atoms with Gasteiger partial charge in [0.05, 0.1) is 17.4 Å². The number of carbonyl (C=O) groups is 1. The number of hydrogen-bond donors (Lipinski definition) is 1. The van der Waals surface area contributed by atoms with Gasteiger partial charge >= 0.3 is 0 Å². The second-order valence-electron chi connectivity index (χ2n) is 8.41. The van der Waals surface area contributed by atoms with E-state index < -0.39 is 0 Å². The third-order valence-corrected chi connectivity index (χ3v) is 6.19. The second-order valence-corrected chi connectivity index (χ2v) is 8.41. The van der Waals surface area contributed by atoms with Crippen molar-refractivity contribution in [1.29, 1.82) is 0 Å². The molecule has 2 aliphatic rings. The van der Waals surface area contributed by atoms with Crippen LogP contribution in [0.2, 0.25) is 0 Å². The Morgan fingerprint density at radius 2 is 2.14 bits per heavy atom. The first-order valence-corrected chi connectivity index (χ1v) is 10.7. The Bertz CT molecular complexity index is 929. The van der Waals surface area contributed by atoms with E-state index in [0.29, 0.717) is 18.1 Å². The van der Waals surface area contributed by atoms with Gasteiger partial charge < -0.3 is 4.90 Å². The topological polar surface area (TPSA) is 73.7 Å². The van der Waals surface area contributed by atoms with Crippen LogP contribution in [0.3, 0.4) is 0 Å². The summed E-state index contributed by atoms with van der Waals surface area (Å²) >= 11 is 0. The number of rotatable bonds is 4. The number of nitrogens with zero attached hydrogens (tertiary/aromatic N) is 4. The van der Waals surface area contributed by atoms with E-state index in [0.717, 1.165) is 68.7 Å². The molecular weight excluding hydrogens is 354 g/mol. The molecule has 0 aliphatic carbocycles. The number of aromatic amines is 1. The van der Waals surface area contributed by atoms with Crippen molar-refractivity contribution < 1.29 is 4.79 Å². The van der Waals surface area contributed by atoms with E-state index in [2.05, 4.69) is 23.8 Å². The number of nitrogens with one attached hydrogen (secondary N) is 1. The predicted octanol–water partition coefficient (Wildman–Crippen LogP) is 2.64. The highest BCUT2D eigenvalue weighted by molar-refractivity contribution is 5.76. The number of fused-ring (bicyclic) bond motifs is 2. The van der Waals surface area contributed by atoms with Crippen LogP contribution in [0.25, 0.3) is 5.65 Å². The molecule has 0 saturated carbocycles. The van der Waals surface area contributed by atoms with Crippen LogP contribution in [0.1, 0.15) is 75.9 Å². The molecule has 0 aromatic carbocycles. The molecule has 2 aliphatic heterocycles. The van der Waals surface area contributed by atoms with E-state index in [1.807, 2.05) is 17.9 Å². The van der Waals surface area contributed by atoms with Crippen LogP contribution in [0, 0.1) is 0 Å². The largest absolute Gasteiger partial charge is 0.334 e. The molecule has 28 heavy (non-hydrogen) atoms. The van der Waals surface area contributed by atoms with Crippen LogP contribution in [0.4, 0.5) is 0 Å². The summed E-state index contributed by atoms with van der Waals surface area (Å²) in [5, 5.41) is 3.28. The molecule has 7 nitrogen and oxygen atoms in total. The first kappa shape index (κ1) is 19.2. The number of aromatic nitrogens is 3. The van der Waals surface area contributed by atoms with Gasteiger partial charge in [0.1, 0.15) is 0 Å². The van der Waals surface area contributed by atoms with Gasteiger partial charge in [-0.3, -0.25) is 19.6 Å². The normalized spacial score (nSPS) is 20.7. The van der Waals surface area contributed by atoms with Crippen LogP contribution < -0.4 is 5.56 Å². The molecule has 1 atom stereocenters. The van der Waals surface area contributed by atoms with Crippen molar-refractivity contribution in [1.82, 2.24) is 24.4 Å². The second kappa shape index (κ2) is 7.70. The average molecular weight is 386 g/mol. The van der Waals surface area contributed by atoms with E-state index >= 15 is 0 Å². The third-order valence-electron chi connectivity index (χ3n) is 6.19. The van der Waals surface area contributed by atoms with E-state index in [-0.39, 0.29) is 17.5 Å². The number of likely N-dealkylation sites (tertiary alicyclic amines) is 1. The van der Waals surface area contributed by atoms with Crippen molar-refractivity contribution in [3.05, 3.63) is 33.4 Å². The molecule has 1 amide bonds. The van der Waals surface area contributed by atoms with E-state index in [1.54, 1.807) is 4.52 Å². The maximum Gasteiger partial charge on any atom is 0.276 e. The molecule has 4 heterocycles. The van der Waals surface area contributed by atoms with Crippen molar-refractivity contribution in [3.63, 3.8) is 0 Å². The van der Waals surface area contributed by atoms with Gasteiger partial charge in [0.25, 0.3) is 5.56 Å². The zero-order valence-electron chi connectivity index (χ0n) is 17.2. The summed E-state index contributed by atoms with van der Waals surface area (Å²) in [7, 11) is 0. The highest BCUT2D eigenvalue weighted by Crippen LogP contribution is 2.31. The molecule has 0 bridgehead atoms. The molecule has 0 spiro atoms. The fourth-order valence-electron chi connectivity index (χ4n) is 4.55. The van der Waals surface area contributed by atoms with Gasteiger partial charge in [-0.25, -0.2) is 9.50 Å². The van der Waals surface area contributed by atoms with Crippen molar-refractivity contribution in [2.45, 2.75) is 77.9 Å². The fraction of sp³-hybridized carbons (Fsp3) is 0.667. The fourth-order valence-corrected chi connectivity index (χ4v) is 4.55. The SMILES string of the molecule is CCCC(=O)N1CCCC[C@H]1c1cc2nc3c(c(=O)n2[nH]1)CCN(C(C)C)C3. The number of piperidine rings is 1. The van der Waals surface area contributed by atoms with Crippen molar-refractivity contribution in [2.75, 3.05) is 13.1 Å². The Labute approximate surface area is 165 Å². The summed E-state index contributed by atoms with van der Waals surface area (Å²) in [5.41, 5.74) is 3.33. The predicted molar refractivity (Wildman–Crippen MR) is 108 cm³/mol. The lowest BCUT2D eigenvalue weighted by Gasteiger charge is -2.35. The Balaban J connectivity index is 1.71. The van der Waals surface area contributed by atoms with Gasteiger partial charge in [0.2, 0.25) is 5.91 Å². The molecule has 1 N–H and O–H groups in total. The van der Waals surface area contributed by atoms with Crippen molar-refractivity contribution >= 4 is 11.6 Å². The number of hydrogen-bond acceptors (Lipinski definition) is 4. The summed E-state index contributed by atoms with van der Waals surface area (Å²) in [6.45, 7) is 8.80. The van der Waals surface area contributed by atoms with E-state index in [1.165, 1.54) is 0 Å². The van der Waals surface area contributed by atoms with Crippen LogP contribution in [-0.2, 0) is 17.8 Å². The summed E-state index contributed by atoms with van der Waals surface area (Å²) in [5.74, 6) is 0.207. The standard InChI is InChI=1S/C21H31N5O2/c1-4-7-20(27)25-10-6-5-8-18(25)16-12-19-22-17-13-24(14(2)3)11-9-15(17)21(28)26(19)23-16/h12,14,18,23H,4-11,13H2,1-3H3/t18-/m0/s1. The smallest absolute Gasteiger partial charge is 0.276 e. The van der Waals surface area contributed by atoms with Gasteiger partial charge in [-0.05, 0) is 46.0 Å². The zero-order chi connectivity index (χ0) is 19.8. The first-order chi connectivity index (χ1) is 13.5. The monoisotopic (exact) mass is 385 g/mol. The number of amides is 1. The lowest BCUT2D eigenvalue weighted by molar-refractivity contribution is -0.135. The molecule has 4 rings (SSSR count). The Morgan fingerprint density at radius 1 is 1.32 bits per heavy atom. The summed E-state index contributed by atoms with van der Waals surface area (Å²) in [6, 6.07) is 2.42. The lowest BCUT2D eigenvalue weighted by atomic mass is 9.98. The van der Waals surface area contributed by atoms with Crippen molar-refractivity contribution in [2.24, 2.45) is 0 Å². The molecule has 2 aromatic rings. The molecular formula is C21H31N5O2. The summed E-state index contributed by atoms with van der Waals surface area (Å²) in [6.07, 6.45) is 5.24. The van der Waals surface area contributed by atoms with Crippen LogP contribution in [-0.4, -0.2) is 49.4 Å². The van der Waals surface area contributed by atoms with Crippen LogP contribution >= 0.6 is 0 Å². The van der Waals surface area contributed by atoms with Gasteiger partial charge in [-0.2, -0.15) is 0 Å². The molecule has 0 radical (unpaired) electrons. The van der Waals surface area contributed by atoms with Crippen molar-refractivity contribution in [3.8, 4) is 0 Å². The number of carbonyl (C=O) groups excluding carboxylic acids is 1. The van der Waals surface area contributed by atoms with Crippen LogP contribution in [0.15, 0.2) is 10.9 Å². The maximum absolute atomic E-state index is 13.1. The Hall–Kier alpha value is -2.15. The minimum Gasteiger partial charge on any atom is -0.334 e. The highest BCUT2D eigenvalue weighted by Gasteiger charge is 2.30. The van der Waals surface area contributed by atoms with Gasteiger partial charge in [-0.15, -0.1) is 0 Å². The minimum absolute atomic E-state index is 0.0110. The molecule has 1 fully saturated rings. The van der Waals surface area contributed by atoms with E-state index in [4.69, 9.17) is 4.98 Å². The molecule has 152 valence electrons. The highest BCUT2D eigenvalue weighted by atomic mass is 16.2. The van der Waals surface area contributed by atoms with Gasteiger partial charge in [0, 0.05) is 43.7 Å². The minimum atomic E-state index is 0.0110. The number of H-pyrrole nitrogens is 1.